The molecular formula is C34H28N2O2. The number of amides is 2. The third-order valence-electron chi connectivity index (χ3n) is 7.52. The highest BCUT2D eigenvalue weighted by atomic mass is 16.2. The smallest absolute Gasteiger partial charge is 0.261 e. The van der Waals surface area contributed by atoms with Crippen molar-refractivity contribution in [3.63, 3.8) is 0 Å². The molecule has 0 bridgehead atoms. The van der Waals surface area contributed by atoms with Gasteiger partial charge in [-0.15, -0.1) is 0 Å². The van der Waals surface area contributed by atoms with Crippen LogP contribution in [0.4, 0.5) is 0 Å². The average molecular weight is 497 g/mol. The third kappa shape index (κ3) is 3.77. The lowest BCUT2D eigenvalue weighted by molar-refractivity contribution is -0.123. The van der Waals surface area contributed by atoms with Gasteiger partial charge >= 0.3 is 0 Å². The summed E-state index contributed by atoms with van der Waals surface area (Å²) in [5.74, 6) is -0.319. The standard InChI is InChI=1S/C34H28N2O2/c1-21-5-9-23(10-6-21)25-13-17-27(18-14-25)31-29-30(34(38)35(31)3)32(36(4)33(29)37)28-19-15-26(16-20-28)24-11-7-22(2)8-12-24/h5-20H,1-4H3. The van der Waals surface area contributed by atoms with Gasteiger partial charge in [-0.25, -0.2) is 0 Å². The number of likely N-dealkylation sites (N-methyl/N-ethyl adjacent to an activating group) is 2. The van der Waals surface area contributed by atoms with Crippen LogP contribution in [0.2, 0.25) is 0 Å². The fourth-order valence-corrected chi connectivity index (χ4v) is 5.34. The minimum absolute atomic E-state index is 0.159. The Kier molecular flexibility index (Phi) is 5.61. The molecule has 4 nitrogen and oxygen atoms in total. The molecular weight excluding hydrogens is 468 g/mol. The van der Waals surface area contributed by atoms with Gasteiger partial charge in [-0.2, -0.15) is 0 Å². The molecule has 0 spiro atoms. The molecule has 4 aromatic rings. The molecule has 4 aromatic carbocycles. The van der Waals surface area contributed by atoms with Crippen LogP contribution >= 0.6 is 0 Å². The van der Waals surface area contributed by atoms with Crippen LogP contribution in [-0.2, 0) is 9.59 Å². The van der Waals surface area contributed by atoms with Gasteiger partial charge in [-0.05, 0) is 47.2 Å². The van der Waals surface area contributed by atoms with Crippen LogP contribution in [0, 0.1) is 13.8 Å². The van der Waals surface area contributed by atoms with Gasteiger partial charge in [0.05, 0.1) is 22.5 Å². The lowest BCUT2D eigenvalue weighted by atomic mass is 9.98. The third-order valence-corrected chi connectivity index (χ3v) is 7.52. The second-order valence-corrected chi connectivity index (χ2v) is 10.1. The van der Waals surface area contributed by atoms with E-state index in [4.69, 9.17) is 0 Å². The Morgan fingerprint density at radius 3 is 0.921 bits per heavy atom. The lowest BCUT2D eigenvalue weighted by Gasteiger charge is -2.20. The van der Waals surface area contributed by atoms with Crippen molar-refractivity contribution in [3.05, 3.63) is 130 Å². The first-order valence-electron chi connectivity index (χ1n) is 12.7. The Morgan fingerprint density at radius 1 is 0.395 bits per heavy atom. The highest BCUT2D eigenvalue weighted by Crippen LogP contribution is 2.45. The molecule has 2 aliphatic rings. The van der Waals surface area contributed by atoms with Gasteiger partial charge in [0.15, 0.2) is 0 Å². The van der Waals surface area contributed by atoms with Gasteiger partial charge in [-0.1, -0.05) is 108 Å². The van der Waals surface area contributed by atoms with Gasteiger partial charge in [0.2, 0.25) is 0 Å². The van der Waals surface area contributed by atoms with Crippen molar-refractivity contribution in [2.75, 3.05) is 14.1 Å². The summed E-state index contributed by atoms with van der Waals surface area (Å²) in [6.07, 6.45) is 0. The number of rotatable bonds is 4. The summed E-state index contributed by atoms with van der Waals surface area (Å²) < 4.78 is 0. The highest BCUT2D eigenvalue weighted by molar-refractivity contribution is 6.30. The summed E-state index contributed by atoms with van der Waals surface area (Å²) >= 11 is 0. The number of aryl methyl sites for hydroxylation is 2. The number of benzene rings is 4. The van der Waals surface area contributed by atoms with E-state index in [1.165, 1.54) is 11.1 Å². The van der Waals surface area contributed by atoms with E-state index in [9.17, 15) is 9.59 Å². The normalized spacial score (nSPS) is 15.2. The van der Waals surface area contributed by atoms with E-state index in [-0.39, 0.29) is 11.8 Å². The topological polar surface area (TPSA) is 40.6 Å². The molecule has 0 aromatic heterocycles. The predicted octanol–water partition coefficient (Wildman–Crippen LogP) is 6.70. The van der Waals surface area contributed by atoms with Crippen molar-refractivity contribution in [3.8, 4) is 22.3 Å². The monoisotopic (exact) mass is 496 g/mol. The second kappa shape index (κ2) is 9.00. The molecule has 2 aliphatic heterocycles. The van der Waals surface area contributed by atoms with Crippen molar-refractivity contribution < 1.29 is 9.59 Å². The molecule has 0 radical (unpaired) electrons. The van der Waals surface area contributed by atoms with Gasteiger partial charge in [0.1, 0.15) is 0 Å². The van der Waals surface area contributed by atoms with E-state index in [1.54, 1.807) is 23.9 Å². The largest absolute Gasteiger partial charge is 0.310 e. The Balaban J connectivity index is 1.40. The molecule has 0 fully saturated rings. The van der Waals surface area contributed by atoms with E-state index in [0.29, 0.717) is 22.5 Å². The number of hydrogen-bond donors (Lipinski definition) is 0. The number of nitrogens with zero attached hydrogens (tertiary/aromatic N) is 2. The summed E-state index contributed by atoms with van der Waals surface area (Å²) in [7, 11) is 3.49. The Labute approximate surface area is 223 Å². The van der Waals surface area contributed by atoms with Gasteiger partial charge in [0.25, 0.3) is 11.8 Å². The zero-order chi connectivity index (χ0) is 26.6. The van der Waals surface area contributed by atoms with Crippen molar-refractivity contribution in [2.24, 2.45) is 0 Å². The van der Waals surface area contributed by atoms with Gasteiger partial charge < -0.3 is 9.80 Å². The SMILES string of the molecule is Cc1ccc(-c2ccc(C3=C4C(=O)N(C)C(c5ccc(-c6ccc(C)cc6)cc5)=C4C(=O)N3C)cc2)cc1. The molecule has 4 heteroatoms. The minimum atomic E-state index is -0.159. The summed E-state index contributed by atoms with van der Waals surface area (Å²) in [6.45, 7) is 4.14. The first-order chi connectivity index (χ1) is 18.3. The summed E-state index contributed by atoms with van der Waals surface area (Å²) in [6, 6.07) is 32.9. The van der Waals surface area contributed by atoms with Crippen molar-refractivity contribution >= 4 is 23.2 Å². The fraction of sp³-hybridized carbons (Fsp3) is 0.118. The first-order valence-corrected chi connectivity index (χ1v) is 12.7. The zero-order valence-electron chi connectivity index (χ0n) is 21.9. The van der Waals surface area contributed by atoms with Crippen molar-refractivity contribution in [2.45, 2.75) is 13.8 Å². The van der Waals surface area contributed by atoms with Crippen LogP contribution in [0.1, 0.15) is 22.3 Å². The molecule has 2 heterocycles. The molecule has 0 unspecified atom stereocenters. The average Bonchev–Trinajstić information content (AvgIpc) is 3.34. The molecule has 38 heavy (non-hydrogen) atoms. The Hall–Kier alpha value is -4.70. The van der Waals surface area contributed by atoms with Crippen molar-refractivity contribution in [1.29, 1.82) is 0 Å². The van der Waals surface area contributed by atoms with E-state index >= 15 is 0 Å². The molecule has 186 valence electrons. The van der Waals surface area contributed by atoms with Crippen LogP contribution in [0.5, 0.6) is 0 Å². The van der Waals surface area contributed by atoms with Crippen molar-refractivity contribution in [1.82, 2.24) is 9.80 Å². The second-order valence-electron chi connectivity index (χ2n) is 10.1. The highest BCUT2D eigenvalue weighted by Gasteiger charge is 2.46. The molecule has 0 N–H and O–H groups in total. The quantitative estimate of drug-likeness (QED) is 0.315. The van der Waals surface area contributed by atoms with Crippen LogP contribution < -0.4 is 0 Å². The zero-order valence-corrected chi connectivity index (χ0v) is 21.9. The first kappa shape index (κ1) is 23.7. The van der Waals surface area contributed by atoms with Crippen LogP contribution in [-0.4, -0.2) is 35.7 Å². The predicted molar refractivity (Wildman–Crippen MR) is 153 cm³/mol. The van der Waals surface area contributed by atoms with Gasteiger partial charge in [-0.3, -0.25) is 9.59 Å². The lowest BCUT2D eigenvalue weighted by Crippen LogP contribution is -2.25. The van der Waals surface area contributed by atoms with E-state index < -0.39 is 0 Å². The Morgan fingerprint density at radius 2 is 0.632 bits per heavy atom. The summed E-state index contributed by atoms with van der Waals surface area (Å²) in [5, 5.41) is 0. The molecule has 0 aliphatic carbocycles. The van der Waals surface area contributed by atoms with E-state index in [2.05, 4.69) is 62.4 Å². The maximum Gasteiger partial charge on any atom is 0.261 e. The maximum absolute atomic E-state index is 13.5. The molecule has 0 atom stereocenters. The van der Waals surface area contributed by atoms with E-state index in [1.807, 2.05) is 48.5 Å². The van der Waals surface area contributed by atoms with Crippen LogP contribution in [0.15, 0.2) is 108 Å². The molecule has 2 amide bonds. The molecule has 0 saturated carbocycles. The van der Waals surface area contributed by atoms with Crippen LogP contribution in [0.25, 0.3) is 33.6 Å². The summed E-state index contributed by atoms with van der Waals surface area (Å²) in [5.41, 5.74) is 10.8. The number of fused-ring (bicyclic) bond motifs is 1. The maximum atomic E-state index is 13.5. The minimum Gasteiger partial charge on any atom is -0.310 e. The van der Waals surface area contributed by atoms with Crippen LogP contribution in [0.3, 0.4) is 0 Å². The van der Waals surface area contributed by atoms with E-state index in [0.717, 1.165) is 33.4 Å². The summed E-state index contributed by atoms with van der Waals surface area (Å²) in [4.78, 5) is 30.3. The number of carbonyl (C=O) groups excluding carboxylic acids is 2. The molecule has 0 saturated heterocycles. The molecule has 6 rings (SSSR count). The number of carbonyl (C=O) groups is 2. The fourth-order valence-electron chi connectivity index (χ4n) is 5.34. The number of hydrogen-bond acceptors (Lipinski definition) is 2. The van der Waals surface area contributed by atoms with Gasteiger partial charge in [0, 0.05) is 14.1 Å². The Bertz CT molecular complexity index is 1510.